The number of likely N-dealkylation sites (N-methyl/N-ethyl adjacent to an activating group) is 1. The third-order valence-corrected chi connectivity index (χ3v) is 8.20. The summed E-state index contributed by atoms with van der Waals surface area (Å²) in [5, 5.41) is 2.89. The van der Waals surface area contributed by atoms with Gasteiger partial charge in [0.05, 0.1) is 18.6 Å². The number of benzene rings is 3. The Kier molecular flexibility index (Phi) is 12.2. The molecule has 3 rings (SSSR count). The summed E-state index contributed by atoms with van der Waals surface area (Å²) < 4.78 is 32.9. The molecule has 1 atom stereocenters. The van der Waals surface area contributed by atoms with Crippen molar-refractivity contribution in [2.45, 2.75) is 45.7 Å². The lowest BCUT2D eigenvalue weighted by atomic mass is 10.0. The van der Waals surface area contributed by atoms with Crippen molar-refractivity contribution < 1.29 is 22.7 Å². The monoisotopic (exact) mass is 643 g/mol. The van der Waals surface area contributed by atoms with E-state index < -0.39 is 16.1 Å². The molecule has 0 heterocycles. The predicted molar refractivity (Wildman–Crippen MR) is 166 cm³/mol. The fourth-order valence-electron chi connectivity index (χ4n) is 4.51. The molecule has 3 aromatic rings. The number of ether oxygens (including phenoxy) is 1. The fourth-order valence-corrected chi connectivity index (χ4v) is 5.74. The molecule has 0 aliphatic heterocycles. The highest BCUT2D eigenvalue weighted by atomic mass is 79.9. The zero-order valence-corrected chi connectivity index (χ0v) is 26.2. The molecular formula is C31H38BrN3O5S. The van der Waals surface area contributed by atoms with Crippen molar-refractivity contribution in [3.8, 4) is 5.75 Å². The summed E-state index contributed by atoms with van der Waals surface area (Å²) in [6, 6.07) is 23.3. The molecule has 0 aliphatic carbocycles. The molecule has 1 N–H and O–H groups in total. The maximum absolute atomic E-state index is 13.8. The van der Waals surface area contributed by atoms with Gasteiger partial charge in [-0.05, 0) is 67.8 Å². The Hall–Kier alpha value is -3.37. The largest absolute Gasteiger partial charge is 0.494 e. The molecule has 0 bridgehead atoms. The van der Waals surface area contributed by atoms with Crippen LogP contribution in [0.3, 0.4) is 0 Å². The van der Waals surface area contributed by atoms with E-state index in [4.69, 9.17) is 4.74 Å². The molecule has 0 fully saturated rings. The second-order valence-corrected chi connectivity index (χ2v) is 12.4. The summed E-state index contributed by atoms with van der Waals surface area (Å²) in [7, 11) is -3.59. The van der Waals surface area contributed by atoms with Gasteiger partial charge in [-0.1, -0.05) is 58.4 Å². The van der Waals surface area contributed by atoms with Gasteiger partial charge in [0.1, 0.15) is 11.8 Å². The average molecular weight is 645 g/mol. The topological polar surface area (TPSA) is 96.0 Å². The van der Waals surface area contributed by atoms with Gasteiger partial charge in [0.2, 0.25) is 21.8 Å². The number of nitrogens with one attached hydrogen (secondary N) is 1. The Morgan fingerprint density at radius 2 is 1.59 bits per heavy atom. The van der Waals surface area contributed by atoms with Gasteiger partial charge in [0, 0.05) is 36.9 Å². The number of carbonyl (C=O) groups excluding carboxylic acids is 2. The Balaban J connectivity index is 1.83. The van der Waals surface area contributed by atoms with Crippen molar-refractivity contribution in [3.63, 3.8) is 0 Å². The van der Waals surface area contributed by atoms with Gasteiger partial charge in [-0.25, -0.2) is 8.42 Å². The third kappa shape index (κ3) is 9.89. The zero-order valence-electron chi connectivity index (χ0n) is 23.8. The van der Waals surface area contributed by atoms with E-state index in [-0.39, 0.29) is 37.7 Å². The third-order valence-electron chi connectivity index (χ3n) is 6.48. The quantitative estimate of drug-likeness (QED) is 0.247. The molecule has 220 valence electrons. The number of nitrogens with zero attached hydrogens (tertiary/aromatic N) is 2. The maximum atomic E-state index is 13.8. The Bertz CT molecular complexity index is 1370. The van der Waals surface area contributed by atoms with E-state index in [2.05, 4.69) is 21.2 Å². The van der Waals surface area contributed by atoms with Crippen molar-refractivity contribution in [2.75, 3.05) is 30.3 Å². The van der Waals surface area contributed by atoms with Crippen molar-refractivity contribution in [3.05, 3.63) is 94.5 Å². The van der Waals surface area contributed by atoms with E-state index >= 15 is 0 Å². The first kappa shape index (κ1) is 32.1. The summed E-state index contributed by atoms with van der Waals surface area (Å²) in [5.74, 6) is 0.201. The van der Waals surface area contributed by atoms with Crippen LogP contribution in [-0.2, 0) is 32.6 Å². The molecule has 3 aromatic carbocycles. The summed E-state index contributed by atoms with van der Waals surface area (Å²) in [6.45, 7) is 5.04. The van der Waals surface area contributed by atoms with Crippen LogP contribution in [0.4, 0.5) is 5.69 Å². The Morgan fingerprint density at radius 3 is 2.17 bits per heavy atom. The summed E-state index contributed by atoms with van der Waals surface area (Å²) >= 11 is 3.45. The lowest BCUT2D eigenvalue weighted by molar-refractivity contribution is -0.141. The second kappa shape index (κ2) is 15.6. The molecule has 8 nitrogen and oxygen atoms in total. The predicted octanol–water partition coefficient (Wildman–Crippen LogP) is 5.17. The van der Waals surface area contributed by atoms with Crippen LogP contribution in [0.15, 0.2) is 83.3 Å². The summed E-state index contributed by atoms with van der Waals surface area (Å²) in [4.78, 5) is 28.7. The number of halogens is 1. The molecule has 0 aliphatic rings. The number of anilines is 1. The van der Waals surface area contributed by atoms with Crippen molar-refractivity contribution in [1.82, 2.24) is 10.2 Å². The Labute approximate surface area is 251 Å². The minimum atomic E-state index is -3.59. The molecular weight excluding hydrogens is 606 g/mol. The molecule has 0 saturated carbocycles. The SMILES string of the molecule is CCNC(=O)[C@@H](Cc1ccccc1)N(Cc1ccc(Br)cc1)C(=O)CCCN(c1ccc(OCC)cc1)S(C)(=O)=O. The van der Waals surface area contributed by atoms with Gasteiger partial charge in [0.25, 0.3) is 0 Å². The normalized spacial score (nSPS) is 11.9. The molecule has 2 amide bonds. The molecule has 0 spiro atoms. The van der Waals surface area contributed by atoms with Crippen LogP contribution < -0.4 is 14.4 Å². The minimum Gasteiger partial charge on any atom is -0.494 e. The molecule has 10 heteroatoms. The number of hydrogen-bond donors (Lipinski definition) is 1. The van der Waals surface area contributed by atoms with E-state index in [0.29, 0.717) is 31.0 Å². The number of carbonyl (C=O) groups is 2. The van der Waals surface area contributed by atoms with Gasteiger partial charge >= 0.3 is 0 Å². The van der Waals surface area contributed by atoms with Crippen molar-refractivity contribution in [2.24, 2.45) is 0 Å². The first-order chi connectivity index (χ1) is 19.6. The van der Waals surface area contributed by atoms with E-state index in [0.717, 1.165) is 21.9 Å². The molecule has 0 saturated heterocycles. The first-order valence-electron chi connectivity index (χ1n) is 13.7. The smallest absolute Gasteiger partial charge is 0.243 e. The highest BCUT2D eigenvalue weighted by Gasteiger charge is 2.30. The van der Waals surface area contributed by atoms with Gasteiger partial charge < -0.3 is 15.0 Å². The number of hydrogen-bond acceptors (Lipinski definition) is 5. The molecule has 0 radical (unpaired) electrons. The van der Waals surface area contributed by atoms with Crippen LogP contribution in [0.5, 0.6) is 5.75 Å². The van der Waals surface area contributed by atoms with Crippen LogP contribution in [0.25, 0.3) is 0 Å². The van der Waals surface area contributed by atoms with Gasteiger partial charge in [0.15, 0.2) is 0 Å². The maximum Gasteiger partial charge on any atom is 0.243 e. The Morgan fingerprint density at radius 1 is 0.927 bits per heavy atom. The van der Waals surface area contributed by atoms with Crippen LogP contribution in [-0.4, -0.2) is 57.1 Å². The second-order valence-electron chi connectivity index (χ2n) is 9.61. The van der Waals surface area contributed by atoms with Crippen molar-refractivity contribution >= 4 is 43.5 Å². The van der Waals surface area contributed by atoms with Crippen LogP contribution in [0.1, 0.15) is 37.8 Å². The standard InChI is InChI=1S/C31H38BrN3O5S/c1-4-33-31(37)29(22-24-10-7-6-8-11-24)34(23-25-13-15-26(32)16-14-25)30(36)12-9-21-35(41(3,38)39)27-17-19-28(20-18-27)40-5-2/h6-8,10-11,13-20,29H,4-5,9,12,21-23H2,1-3H3,(H,33,37)/t29-/m1/s1. The lowest BCUT2D eigenvalue weighted by Gasteiger charge is -2.32. The van der Waals surface area contributed by atoms with Crippen LogP contribution in [0, 0.1) is 0 Å². The molecule has 0 aromatic heterocycles. The van der Waals surface area contributed by atoms with E-state index in [1.54, 1.807) is 29.2 Å². The zero-order chi connectivity index (χ0) is 29.8. The highest BCUT2D eigenvalue weighted by Crippen LogP contribution is 2.23. The van der Waals surface area contributed by atoms with Gasteiger partial charge in [-0.3, -0.25) is 13.9 Å². The number of sulfonamides is 1. The lowest BCUT2D eigenvalue weighted by Crippen LogP contribution is -2.50. The van der Waals surface area contributed by atoms with Gasteiger partial charge in [-0.2, -0.15) is 0 Å². The number of amides is 2. The van der Waals surface area contributed by atoms with Gasteiger partial charge in [-0.15, -0.1) is 0 Å². The molecule has 41 heavy (non-hydrogen) atoms. The van der Waals surface area contributed by atoms with Crippen molar-refractivity contribution in [1.29, 1.82) is 0 Å². The summed E-state index contributed by atoms with van der Waals surface area (Å²) in [5.41, 5.74) is 2.33. The number of rotatable bonds is 15. The average Bonchev–Trinajstić information content (AvgIpc) is 2.94. The first-order valence-corrected chi connectivity index (χ1v) is 16.3. The molecule has 0 unspecified atom stereocenters. The van der Waals surface area contributed by atoms with E-state index in [9.17, 15) is 18.0 Å². The highest BCUT2D eigenvalue weighted by molar-refractivity contribution is 9.10. The minimum absolute atomic E-state index is 0.0737. The van der Waals surface area contributed by atoms with Crippen LogP contribution in [0.2, 0.25) is 0 Å². The fraction of sp³-hybridized carbons (Fsp3) is 0.355. The van der Waals surface area contributed by atoms with Crippen LogP contribution >= 0.6 is 15.9 Å². The summed E-state index contributed by atoms with van der Waals surface area (Å²) in [6.07, 6.45) is 1.86. The van der Waals surface area contributed by atoms with E-state index in [1.165, 1.54) is 4.31 Å². The van der Waals surface area contributed by atoms with E-state index in [1.807, 2.05) is 68.4 Å².